The predicted molar refractivity (Wildman–Crippen MR) is 80.4 cm³/mol. The Kier molecular flexibility index (Phi) is 4.78. The largest absolute Gasteiger partial charge is 0.370 e. The second-order valence-electron chi connectivity index (χ2n) is 3.97. The van der Waals surface area contributed by atoms with E-state index in [9.17, 15) is 0 Å². The molecule has 0 unspecified atom stereocenters. The van der Waals surface area contributed by atoms with Crippen molar-refractivity contribution in [1.29, 1.82) is 0 Å². The fourth-order valence-electron chi connectivity index (χ4n) is 1.56. The minimum Gasteiger partial charge on any atom is -0.370 e. The molecule has 0 amide bonds. The van der Waals surface area contributed by atoms with Gasteiger partial charge in [0.25, 0.3) is 0 Å². The zero-order valence-corrected chi connectivity index (χ0v) is 12.0. The number of hydrogen-bond acceptors (Lipinski definition) is 3. The third-order valence-electron chi connectivity index (χ3n) is 2.46. The summed E-state index contributed by atoms with van der Waals surface area (Å²) in [6, 6.07) is 8.41. The summed E-state index contributed by atoms with van der Waals surface area (Å²) >= 11 is 3.53. The molecular formula is C13H17N3S2. The fraction of sp³-hybridized carbons (Fsp3) is 0.308. The summed E-state index contributed by atoms with van der Waals surface area (Å²) in [5.74, 6) is 0.526. The maximum absolute atomic E-state index is 5.81. The zero-order chi connectivity index (χ0) is 12.8. The van der Waals surface area contributed by atoms with Crippen LogP contribution in [-0.4, -0.2) is 12.5 Å². The topological polar surface area (TPSA) is 50.4 Å². The number of nitrogens with two attached hydrogens (primary N) is 1. The predicted octanol–water partition coefficient (Wildman–Crippen LogP) is 2.77. The van der Waals surface area contributed by atoms with Crippen LogP contribution in [0.4, 0.5) is 0 Å². The van der Waals surface area contributed by atoms with E-state index in [4.69, 9.17) is 5.73 Å². The van der Waals surface area contributed by atoms with Gasteiger partial charge in [0.2, 0.25) is 0 Å². The van der Waals surface area contributed by atoms with Crippen LogP contribution >= 0.6 is 22.7 Å². The van der Waals surface area contributed by atoms with Crippen molar-refractivity contribution in [3.05, 3.63) is 44.3 Å². The molecule has 0 aliphatic carbocycles. The number of aryl methyl sites for hydroxylation is 1. The SMILES string of the molecule is Cc1ccc(CN=C(N)NCCc2cccs2)s1. The summed E-state index contributed by atoms with van der Waals surface area (Å²) in [7, 11) is 0. The van der Waals surface area contributed by atoms with E-state index in [1.807, 2.05) is 0 Å². The van der Waals surface area contributed by atoms with E-state index in [1.54, 1.807) is 22.7 Å². The van der Waals surface area contributed by atoms with Crippen LogP contribution in [-0.2, 0) is 13.0 Å². The highest BCUT2D eigenvalue weighted by molar-refractivity contribution is 7.11. The Morgan fingerprint density at radius 2 is 2.22 bits per heavy atom. The first kappa shape index (κ1) is 13.1. The molecule has 0 saturated heterocycles. The summed E-state index contributed by atoms with van der Waals surface area (Å²) in [6.07, 6.45) is 0.992. The van der Waals surface area contributed by atoms with Crippen molar-refractivity contribution in [3.63, 3.8) is 0 Å². The minimum atomic E-state index is 0.526. The molecule has 5 heteroatoms. The van der Waals surface area contributed by atoms with Crippen LogP contribution in [0.2, 0.25) is 0 Å². The quantitative estimate of drug-likeness (QED) is 0.653. The third kappa shape index (κ3) is 4.16. The van der Waals surface area contributed by atoms with Gasteiger partial charge in [0.15, 0.2) is 5.96 Å². The normalized spacial score (nSPS) is 11.7. The number of thiophene rings is 2. The first-order valence-corrected chi connectivity index (χ1v) is 7.55. The monoisotopic (exact) mass is 279 g/mol. The van der Waals surface area contributed by atoms with Crippen LogP contribution in [0.1, 0.15) is 14.6 Å². The molecule has 3 N–H and O–H groups in total. The van der Waals surface area contributed by atoms with Gasteiger partial charge in [-0.2, -0.15) is 0 Å². The lowest BCUT2D eigenvalue weighted by atomic mass is 10.3. The van der Waals surface area contributed by atoms with Crippen molar-refractivity contribution in [2.24, 2.45) is 10.7 Å². The van der Waals surface area contributed by atoms with Crippen molar-refractivity contribution in [2.45, 2.75) is 19.9 Å². The van der Waals surface area contributed by atoms with Crippen LogP contribution in [0.15, 0.2) is 34.6 Å². The van der Waals surface area contributed by atoms with Crippen LogP contribution in [0, 0.1) is 6.92 Å². The van der Waals surface area contributed by atoms with E-state index in [0.29, 0.717) is 12.5 Å². The molecule has 0 atom stereocenters. The molecule has 0 radical (unpaired) electrons. The van der Waals surface area contributed by atoms with Gasteiger partial charge in [0.1, 0.15) is 0 Å². The maximum atomic E-state index is 5.81. The lowest BCUT2D eigenvalue weighted by Crippen LogP contribution is -2.33. The number of aliphatic imine (C=N–C) groups is 1. The van der Waals surface area contributed by atoms with Gasteiger partial charge in [0.05, 0.1) is 6.54 Å². The van der Waals surface area contributed by atoms with Crippen molar-refractivity contribution < 1.29 is 0 Å². The van der Waals surface area contributed by atoms with E-state index >= 15 is 0 Å². The average molecular weight is 279 g/mol. The maximum Gasteiger partial charge on any atom is 0.188 e. The fourth-order valence-corrected chi connectivity index (χ4v) is 3.08. The Morgan fingerprint density at radius 3 is 2.89 bits per heavy atom. The molecule has 2 aromatic heterocycles. The lowest BCUT2D eigenvalue weighted by molar-refractivity contribution is 0.858. The molecule has 96 valence electrons. The molecule has 2 heterocycles. The number of hydrogen-bond donors (Lipinski definition) is 2. The molecule has 0 saturated carbocycles. The molecule has 0 aliphatic rings. The van der Waals surface area contributed by atoms with Crippen molar-refractivity contribution in [3.8, 4) is 0 Å². The van der Waals surface area contributed by atoms with Gasteiger partial charge in [0, 0.05) is 21.2 Å². The number of rotatable bonds is 5. The molecule has 0 aromatic carbocycles. The van der Waals surface area contributed by atoms with E-state index in [-0.39, 0.29) is 0 Å². The van der Waals surface area contributed by atoms with E-state index in [0.717, 1.165) is 13.0 Å². The van der Waals surface area contributed by atoms with E-state index in [2.05, 4.69) is 46.9 Å². The molecule has 2 rings (SSSR count). The minimum absolute atomic E-state index is 0.526. The molecule has 2 aromatic rings. The summed E-state index contributed by atoms with van der Waals surface area (Å²) < 4.78 is 0. The number of guanidine groups is 1. The van der Waals surface area contributed by atoms with Crippen LogP contribution in [0.25, 0.3) is 0 Å². The molecule has 0 spiro atoms. The second kappa shape index (κ2) is 6.56. The van der Waals surface area contributed by atoms with Gasteiger partial charge in [-0.1, -0.05) is 6.07 Å². The summed E-state index contributed by atoms with van der Waals surface area (Å²) in [5.41, 5.74) is 5.81. The van der Waals surface area contributed by atoms with Crippen molar-refractivity contribution in [2.75, 3.05) is 6.54 Å². The van der Waals surface area contributed by atoms with Crippen molar-refractivity contribution in [1.82, 2.24) is 5.32 Å². The van der Waals surface area contributed by atoms with Gasteiger partial charge in [-0.3, -0.25) is 0 Å². The van der Waals surface area contributed by atoms with Gasteiger partial charge in [-0.15, -0.1) is 22.7 Å². The number of nitrogens with one attached hydrogen (secondary N) is 1. The summed E-state index contributed by atoms with van der Waals surface area (Å²) in [6.45, 7) is 3.59. The van der Waals surface area contributed by atoms with Crippen molar-refractivity contribution >= 4 is 28.6 Å². The molecule has 18 heavy (non-hydrogen) atoms. The Balaban J connectivity index is 1.72. The van der Waals surface area contributed by atoms with Crippen LogP contribution in [0.5, 0.6) is 0 Å². The smallest absolute Gasteiger partial charge is 0.188 e. The van der Waals surface area contributed by atoms with Crippen LogP contribution in [0.3, 0.4) is 0 Å². The average Bonchev–Trinajstić information content (AvgIpc) is 2.98. The summed E-state index contributed by atoms with van der Waals surface area (Å²) in [4.78, 5) is 8.24. The Hall–Kier alpha value is -1.33. The van der Waals surface area contributed by atoms with E-state index in [1.165, 1.54) is 14.6 Å². The molecule has 0 aliphatic heterocycles. The molecule has 0 fully saturated rings. The first-order valence-electron chi connectivity index (χ1n) is 5.85. The zero-order valence-electron chi connectivity index (χ0n) is 10.3. The van der Waals surface area contributed by atoms with Gasteiger partial charge in [-0.25, -0.2) is 4.99 Å². The van der Waals surface area contributed by atoms with Gasteiger partial charge < -0.3 is 11.1 Å². The Labute approximate surface area is 115 Å². The molecule has 0 bridgehead atoms. The van der Waals surface area contributed by atoms with Gasteiger partial charge >= 0.3 is 0 Å². The number of nitrogens with zero attached hydrogens (tertiary/aromatic N) is 1. The van der Waals surface area contributed by atoms with Crippen LogP contribution < -0.4 is 11.1 Å². The second-order valence-corrected chi connectivity index (χ2v) is 6.37. The Morgan fingerprint density at radius 1 is 1.33 bits per heavy atom. The lowest BCUT2D eigenvalue weighted by Gasteiger charge is -2.03. The molecule has 3 nitrogen and oxygen atoms in total. The first-order chi connectivity index (χ1) is 8.74. The highest BCUT2D eigenvalue weighted by atomic mass is 32.1. The highest BCUT2D eigenvalue weighted by Gasteiger charge is 1.97. The highest BCUT2D eigenvalue weighted by Crippen LogP contribution is 2.15. The molecular weight excluding hydrogens is 262 g/mol. The standard InChI is InChI=1S/C13H17N3S2/c1-10-4-5-12(18-10)9-16-13(14)15-7-6-11-3-2-8-17-11/h2-5,8H,6-7,9H2,1H3,(H3,14,15,16). The van der Waals surface area contributed by atoms with E-state index < -0.39 is 0 Å². The Bertz CT molecular complexity index is 500. The third-order valence-corrected chi connectivity index (χ3v) is 4.38. The summed E-state index contributed by atoms with van der Waals surface area (Å²) in [5, 5.41) is 5.23. The van der Waals surface area contributed by atoms with Gasteiger partial charge in [-0.05, 0) is 36.9 Å².